The van der Waals surface area contributed by atoms with Crippen LogP contribution in [-0.2, 0) is 12.0 Å². The van der Waals surface area contributed by atoms with E-state index in [2.05, 4.69) is 58.7 Å². The molecule has 2 aromatic rings. The van der Waals surface area contributed by atoms with Crippen LogP contribution >= 0.6 is 24.0 Å². The molecule has 1 unspecified atom stereocenters. The van der Waals surface area contributed by atoms with Crippen LogP contribution in [0.1, 0.15) is 56.6 Å². The van der Waals surface area contributed by atoms with E-state index in [4.69, 9.17) is 4.52 Å². The standard InChI is InChI=1S/C19H29N5O2.HI/c1-6-20-18(22-12-17-23-13(2)26-24-17)21-11-16(25)14-7-9-15(10-8-14)19(3,4)5;/h7-10,16,25H,6,11-12H2,1-5H3,(H2,20,21,22);1H. The molecule has 3 N–H and O–H groups in total. The molecule has 0 bridgehead atoms. The molecule has 0 saturated heterocycles. The number of hydrogen-bond donors (Lipinski definition) is 3. The Kier molecular flexibility index (Phi) is 9.17. The van der Waals surface area contributed by atoms with Crippen LogP contribution in [0.5, 0.6) is 0 Å². The molecule has 0 radical (unpaired) electrons. The van der Waals surface area contributed by atoms with Crippen molar-refractivity contribution < 1.29 is 9.63 Å². The molecule has 8 heteroatoms. The van der Waals surface area contributed by atoms with Gasteiger partial charge in [0.25, 0.3) is 0 Å². The minimum atomic E-state index is -0.625. The normalized spacial score (nSPS) is 13.0. The van der Waals surface area contributed by atoms with Gasteiger partial charge in [0.05, 0.1) is 6.10 Å². The highest BCUT2D eigenvalue weighted by Crippen LogP contribution is 2.23. The first-order chi connectivity index (χ1) is 12.3. The third-order valence-corrected chi connectivity index (χ3v) is 3.92. The summed E-state index contributed by atoms with van der Waals surface area (Å²) in [4.78, 5) is 8.53. The lowest BCUT2D eigenvalue weighted by atomic mass is 9.86. The number of aliphatic hydroxyl groups is 1. The highest BCUT2D eigenvalue weighted by Gasteiger charge is 2.15. The molecule has 0 aliphatic heterocycles. The van der Waals surface area contributed by atoms with Gasteiger partial charge in [-0.2, -0.15) is 4.98 Å². The van der Waals surface area contributed by atoms with Gasteiger partial charge in [0, 0.05) is 20.0 Å². The van der Waals surface area contributed by atoms with E-state index in [1.165, 1.54) is 5.56 Å². The first-order valence-electron chi connectivity index (χ1n) is 8.89. The molecule has 27 heavy (non-hydrogen) atoms. The Morgan fingerprint density at radius 1 is 1.22 bits per heavy atom. The zero-order chi connectivity index (χ0) is 19.2. The fraction of sp³-hybridized carbons (Fsp3) is 0.526. The topological polar surface area (TPSA) is 95.6 Å². The molecular formula is C19H30IN5O2. The maximum Gasteiger partial charge on any atom is 0.223 e. The number of hydrogen-bond acceptors (Lipinski definition) is 5. The molecule has 1 aromatic carbocycles. The maximum atomic E-state index is 10.4. The fourth-order valence-corrected chi connectivity index (χ4v) is 2.41. The number of nitrogens with one attached hydrogen (secondary N) is 2. The summed E-state index contributed by atoms with van der Waals surface area (Å²) in [7, 11) is 0. The molecule has 7 nitrogen and oxygen atoms in total. The number of benzene rings is 1. The van der Waals surface area contributed by atoms with Crippen molar-refractivity contribution in [1.82, 2.24) is 20.8 Å². The fourth-order valence-electron chi connectivity index (χ4n) is 2.41. The summed E-state index contributed by atoms with van der Waals surface area (Å²) >= 11 is 0. The van der Waals surface area contributed by atoms with Crippen LogP contribution in [-0.4, -0.2) is 34.3 Å². The largest absolute Gasteiger partial charge is 0.387 e. The number of halogens is 1. The van der Waals surface area contributed by atoms with Gasteiger partial charge in [0.15, 0.2) is 11.8 Å². The minimum absolute atomic E-state index is 0. The van der Waals surface area contributed by atoms with E-state index < -0.39 is 6.10 Å². The van der Waals surface area contributed by atoms with Crippen LogP contribution in [0.3, 0.4) is 0 Å². The molecule has 0 saturated carbocycles. The van der Waals surface area contributed by atoms with Gasteiger partial charge < -0.3 is 20.3 Å². The smallest absolute Gasteiger partial charge is 0.223 e. The van der Waals surface area contributed by atoms with E-state index in [0.717, 1.165) is 5.56 Å². The van der Waals surface area contributed by atoms with E-state index in [1.54, 1.807) is 6.92 Å². The minimum Gasteiger partial charge on any atom is -0.387 e. The number of nitrogens with zero attached hydrogens (tertiary/aromatic N) is 3. The maximum absolute atomic E-state index is 10.4. The average molecular weight is 487 g/mol. The van der Waals surface area contributed by atoms with Crippen LogP contribution in [0.2, 0.25) is 0 Å². The van der Waals surface area contributed by atoms with Gasteiger partial charge in [-0.3, -0.25) is 0 Å². The van der Waals surface area contributed by atoms with Gasteiger partial charge in [-0.1, -0.05) is 50.2 Å². The first-order valence-corrected chi connectivity index (χ1v) is 8.89. The SMILES string of the molecule is CCNC(=NCc1noc(C)n1)NCC(O)c1ccc(C(C)(C)C)cc1.I. The van der Waals surface area contributed by atoms with Crippen molar-refractivity contribution >= 4 is 29.9 Å². The molecular weight excluding hydrogens is 457 g/mol. The van der Waals surface area contributed by atoms with Crippen molar-refractivity contribution in [3.63, 3.8) is 0 Å². The molecule has 1 heterocycles. The quantitative estimate of drug-likeness (QED) is 0.330. The van der Waals surface area contributed by atoms with Crippen molar-refractivity contribution in [2.45, 2.75) is 52.7 Å². The number of aliphatic hydroxyl groups excluding tert-OH is 1. The second-order valence-corrected chi connectivity index (χ2v) is 7.19. The number of aromatic nitrogens is 2. The third-order valence-electron chi connectivity index (χ3n) is 3.92. The number of aryl methyl sites for hydroxylation is 1. The third kappa shape index (κ3) is 7.45. The zero-order valence-corrected chi connectivity index (χ0v) is 18.9. The van der Waals surface area contributed by atoms with Crippen LogP contribution in [0.4, 0.5) is 0 Å². The van der Waals surface area contributed by atoms with Crippen molar-refractivity contribution in [2.24, 2.45) is 4.99 Å². The number of guanidine groups is 1. The van der Waals surface area contributed by atoms with Crippen LogP contribution in [0, 0.1) is 6.92 Å². The van der Waals surface area contributed by atoms with Crippen molar-refractivity contribution in [3.05, 3.63) is 47.1 Å². The predicted octanol–water partition coefficient (Wildman–Crippen LogP) is 3.08. The van der Waals surface area contributed by atoms with Gasteiger partial charge in [-0.15, -0.1) is 24.0 Å². The summed E-state index contributed by atoms with van der Waals surface area (Å²) < 4.78 is 4.94. The van der Waals surface area contributed by atoms with Crippen molar-refractivity contribution in [1.29, 1.82) is 0 Å². The Bertz CT molecular complexity index is 722. The van der Waals surface area contributed by atoms with Crippen LogP contribution < -0.4 is 10.6 Å². The zero-order valence-electron chi connectivity index (χ0n) is 16.6. The van der Waals surface area contributed by atoms with Gasteiger partial charge in [0.1, 0.15) is 6.54 Å². The second kappa shape index (κ2) is 10.6. The molecule has 0 aliphatic carbocycles. The van der Waals surface area contributed by atoms with E-state index in [9.17, 15) is 5.11 Å². The van der Waals surface area contributed by atoms with E-state index >= 15 is 0 Å². The highest BCUT2D eigenvalue weighted by molar-refractivity contribution is 14.0. The van der Waals surface area contributed by atoms with Crippen LogP contribution in [0.15, 0.2) is 33.8 Å². The predicted molar refractivity (Wildman–Crippen MR) is 117 cm³/mol. The molecule has 0 amide bonds. The summed E-state index contributed by atoms with van der Waals surface area (Å²) in [6.07, 6.45) is -0.625. The van der Waals surface area contributed by atoms with Gasteiger partial charge in [-0.25, -0.2) is 4.99 Å². The van der Waals surface area contributed by atoms with E-state index in [1.807, 2.05) is 19.1 Å². The molecule has 150 valence electrons. The van der Waals surface area contributed by atoms with Crippen LogP contribution in [0.25, 0.3) is 0 Å². The molecule has 2 rings (SSSR count). The van der Waals surface area contributed by atoms with Gasteiger partial charge >= 0.3 is 0 Å². The second-order valence-electron chi connectivity index (χ2n) is 7.19. The monoisotopic (exact) mass is 487 g/mol. The molecule has 0 spiro atoms. The highest BCUT2D eigenvalue weighted by atomic mass is 127. The molecule has 1 atom stereocenters. The summed E-state index contributed by atoms with van der Waals surface area (Å²) in [5.74, 6) is 1.64. The molecule has 0 fully saturated rings. The van der Waals surface area contributed by atoms with Crippen molar-refractivity contribution in [3.8, 4) is 0 Å². The summed E-state index contributed by atoms with van der Waals surface area (Å²) in [6, 6.07) is 8.07. The lowest BCUT2D eigenvalue weighted by Crippen LogP contribution is -2.39. The number of rotatable bonds is 6. The van der Waals surface area contributed by atoms with Gasteiger partial charge in [-0.05, 0) is 23.5 Å². The summed E-state index contributed by atoms with van der Waals surface area (Å²) in [5.41, 5.74) is 2.21. The van der Waals surface area contributed by atoms with E-state index in [0.29, 0.717) is 37.3 Å². The Hall–Kier alpha value is -1.68. The Labute approximate surface area is 178 Å². The summed E-state index contributed by atoms with van der Waals surface area (Å²) in [6.45, 7) is 11.6. The summed E-state index contributed by atoms with van der Waals surface area (Å²) in [5, 5.41) is 20.5. The Balaban J connectivity index is 0.00000364. The lowest BCUT2D eigenvalue weighted by Gasteiger charge is -2.20. The van der Waals surface area contributed by atoms with Crippen molar-refractivity contribution in [2.75, 3.05) is 13.1 Å². The van der Waals surface area contributed by atoms with Gasteiger partial charge in [0.2, 0.25) is 5.89 Å². The average Bonchev–Trinajstić information content (AvgIpc) is 3.02. The number of aliphatic imine (C=N–C) groups is 1. The Morgan fingerprint density at radius 2 is 1.89 bits per heavy atom. The first kappa shape index (κ1) is 23.4. The van der Waals surface area contributed by atoms with E-state index in [-0.39, 0.29) is 29.4 Å². The molecule has 0 aliphatic rings. The molecule has 1 aromatic heterocycles. The Morgan fingerprint density at radius 3 is 2.41 bits per heavy atom. The lowest BCUT2D eigenvalue weighted by molar-refractivity contribution is 0.181.